The Morgan fingerprint density at radius 3 is 2.33 bits per heavy atom. The van der Waals surface area contributed by atoms with Crippen LogP contribution in [0.1, 0.15) is 59.1 Å². The molecule has 0 saturated heterocycles. The van der Waals surface area contributed by atoms with Crippen molar-refractivity contribution in [3.05, 3.63) is 35.8 Å². The van der Waals surface area contributed by atoms with Crippen LogP contribution in [0.4, 0.5) is 0 Å². The van der Waals surface area contributed by atoms with Crippen molar-refractivity contribution in [2.24, 2.45) is 5.92 Å². The molecular formula is C21H31N3. The molecular weight excluding hydrogens is 294 g/mol. The summed E-state index contributed by atoms with van der Waals surface area (Å²) >= 11 is 0. The van der Waals surface area contributed by atoms with Crippen LogP contribution in [0.5, 0.6) is 0 Å². The Morgan fingerprint density at radius 1 is 1.08 bits per heavy atom. The summed E-state index contributed by atoms with van der Waals surface area (Å²) in [5.41, 5.74) is 5.92. The van der Waals surface area contributed by atoms with Gasteiger partial charge in [0.15, 0.2) is 0 Å². The summed E-state index contributed by atoms with van der Waals surface area (Å²) in [6.45, 7) is 17.5. The van der Waals surface area contributed by atoms with Crippen molar-refractivity contribution in [2.75, 3.05) is 0 Å². The summed E-state index contributed by atoms with van der Waals surface area (Å²) < 4.78 is 2.36. The van der Waals surface area contributed by atoms with Gasteiger partial charge < -0.3 is 4.57 Å². The number of nitrogens with zero attached hydrogens (tertiary/aromatic N) is 3. The molecule has 0 radical (unpaired) electrons. The monoisotopic (exact) mass is 325 g/mol. The number of aryl methyl sites for hydroxylation is 2. The van der Waals surface area contributed by atoms with Gasteiger partial charge in [0, 0.05) is 17.1 Å². The average Bonchev–Trinajstić information content (AvgIpc) is 3.06. The summed E-state index contributed by atoms with van der Waals surface area (Å²) in [5.74, 6) is 0.523. The maximum absolute atomic E-state index is 4.75. The van der Waals surface area contributed by atoms with Crippen LogP contribution in [0.3, 0.4) is 0 Å². The number of aromatic nitrogens is 3. The number of pyridine rings is 1. The van der Waals surface area contributed by atoms with E-state index in [1.807, 2.05) is 32.4 Å². The second kappa shape index (κ2) is 6.92. The quantitative estimate of drug-likeness (QED) is 0.590. The van der Waals surface area contributed by atoms with Crippen LogP contribution in [0.2, 0.25) is 0 Å². The fourth-order valence-electron chi connectivity index (χ4n) is 3.37. The molecule has 3 nitrogen and oxygen atoms in total. The van der Waals surface area contributed by atoms with Gasteiger partial charge in [0.1, 0.15) is 0 Å². The van der Waals surface area contributed by atoms with E-state index in [2.05, 4.69) is 52.2 Å². The Labute approximate surface area is 146 Å². The van der Waals surface area contributed by atoms with Crippen LogP contribution in [-0.2, 0) is 5.54 Å². The van der Waals surface area contributed by atoms with Gasteiger partial charge in [-0.3, -0.25) is 4.98 Å². The van der Waals surface area contributed by atoms with E-state index in [1.165, 1.54) is 22.0 Å². The van der Waals surface area contributed by atoms with Gasteiger partial charge in [-0.05, 0) is 50.3 Å². The molecule has 24 heavy (non-hydrogen) atoms. The molecule has 2 aromatic heterocycles. The Kier molecular flexibility index (Phi) is 5.32. The van der Waals surface area contributed by atoms with Crippen molar-refractivity contribution in [3.63, 3.8) is 0 Å². The Bertz CT molecular complexity index is 845. The molecule has 2 heterocycles. The summed E-state index contributed by atoms with van der Waals surface area (Å²) in [5, 5.41) is 1.23. The molecule has 3 heteroatoms. The van der Waals surface area contributed by atoms with Crippen molar-refractivity contribution >= 4 is 21.9 Å². The number of hydrogen-bond acceptors (Lipinski definition) is 2. The van der Waals surface area contributed by atoms with E-state index >= 15 is 0 Å². The Hall–Kier alpha value is -1.90. The maximum Gasteiger partial charge on any atom is 0.0964 e. The third-order valence-electron chi connectivity index (χ3n) is 5.63. The molecule has 0 aliphatic heterocycles. The molecule has 0 spiro atoms. The highest BCUT2D eigenvalue weighted by Crippen LogP contribution is 2.37. The lowest BCUT2D eigenvalue weighted by molar-refractivity contribution is 0.218. The Balaban J connectivity index is 0.00000100. The van der Waals surface area contributed by atoms with E-state index in [1.54, 1.807) is 0 Å². The fraction of sp³-hybridized carbons (Fsp3) is 0.524. The van der Waals surface area contributed by atoms with E-state index in [-0.39, 0.29) is 5.54 Å². The minimum atomic E-state index is 0.0426. The van der Waals surface area contributed by atoms with Crippen LogP contribution in [0, 0.1) is 19.8 Å². The number of rotatable bonds is 3. The molecule has 0 aliphatic rings. The van der Waals surface area contributed by atoms with Gasteiger partial charge in [-0.2, -0.15) is 0 Å². The van der Waals surface area contributed by atoms with Crippen molar-refractivity contribution < 1.29 is 0 Å². The van der Waals surface area contributed by atoms with E-state index in [9.17, 15) is 0 Å². The van der Waals surface area contributed by atoms with Crippen LogP contribution in [-0.4, -0.2) is 14.5 Å². The molecule has 0 bridgehead atoms. The van der Waals surface area contributed by atoms with E-state index in [4.69, 9.17) is 9.97 Å². The van der Waals surface area contributed by atoms with E-state index in [0.717, 1.165) is 17.5 Å². The Morgan fingerprint density at radius 2 is 1.75 bits per heavy atom. The SMILES string of the molecule is CC.CCC(C)(C(C)C)n1cnc2c(C)c(C)c3cccnc3c21. The lowest BCUT2D eigenvalue weighted by Crippen LogP contribution is -2.34. The van der Waals surface area contributed by atoms with Gasteiger partial charge in [-0.1, -0.05) is 40.7 Å². The molecule has 0 amide bonds. The molecule has 1 atom stereocenters. The summed E-state index contributed by atoms with van der Waals surface area (Å²) in [4.78, 5) is 9.44. The van der Waals surface area contributed by atoms with Gasteiger partial charge in [0.2, 0.25) is 0 Å². The zero-order chi connectivity index (χ0) is 18.1. The minimum absolute atomic E-state index is 0.0426. The molecule has 3 rings (SSSR count). The predicted octanol–water partition coefficient (Wildman–Crippen LogP) is 6.01. The van der Waals surface area contributed by atoms with Crippen LogP contribution < -0.4 is 0 Å². The lowest BCUT2D eigenvalue weighted by Gasteiger charge is -2.35. The molecule has 0 fully saturated rings. The molecule has 130 valence electrons. The van der Waals surface area contributed by atoms with E-state index in [0.29, 0.717) is 5.92 Å². The van der Waals surface area contributed by atoms with Crippen LogP contribution in [0.15, 0.2) is 24.7 Å². The number of imidazole rings is 1. The summed E-state index contributed by atoms with van der Waals surface area (Å²) in [6.07, 6.45) is 4.96. The van der Waals surface area contributed by atoms with Crippen LogP contribution >= 0.6 is 0 Å². The van der Waals surface area contributed by atoms with Crippen molar-refractivity contribution in [2.45, 2.75) is 67.3 Å². The maximum atomic E-state index is 4.75. The zero-order valence-corrected chi connectivity index (χ0v) is 16.4. The summed E-state index contributed by atoms with van der Waals surface area (Å²) in [6, 6.07) is 4.18. The zero-order valence-electron chi connectivity index (χ0n) is 16.4. The summed E-state index contributed by atoms with van der Waals surface area (Å²) in [7, 11) is 0. The molecule has 0 N–H and O–H groups in total. The van der Waals surface area contributed by atoms with E-state index < -0.39 is 0 Å². The predicted molar refractivity (Wildman–Crippen MR) is 105 cm³/mol. The highest BCUT2D eigenvalue weighted by atomic mass is 15.1. The topological polar surface area (TPSA) is 30.7 Å². The molecule has 1 unspecified atom stereocenters. The first kappa shape index (κ1) is 18.4. The van der Waals surface area contributed by atoms with Gasteiger partial charge in [-0.15, -0.1) is 0 Å². The lowest BCUT2D eigenvalue weighted by atomic mass is 9.85. The average molecular weight is 326 g/mol. The standard InChI is InChI=1S/C19H25N3.C2H6/c1-7-19(6,12(2)3)22-11-21-16-14(5)13(4)15-9-8-10-20-17(15)18(16)22;1-2/h8-12H,7H2,1-6H3;1-2H3. The number of hydrogen-bond donors (Lipinski definition) is 0. The minimum Gasteiger partial charge on any atom is -0.323 e. The van der Waals surface area contributed by atoms with Gasteiger partial charge >= 0.3 is 0 Å². The number of fused-ring (bicyclic) bond motifs is 3. The van der Waals surface area contributed by atoms with Gasteiger partial charge in [-0.25, -0.2) is 4.98 Å². The molecule has 1 aromatic carbocycles. The second-order valence-electron chi connectivity index (χ2n) is 6.83. The first-order valence-electron chi connectivity index (χ1n) is 9.13. The highest BCUT2D eigenvalue weighted by Gasteiger charge is 2.31. The van der Waals surface area contributed by atoms with Gasteiger partial charge in [0.05, 0.1) is 22.9 Å². The highest BCUT2D eigenvalue weighted by molar-refractivity contribution is 6.05. The number of benzene rings is 1. The normalized spacial score (nSPS) is 13.9. The molecule has 0 saturated carbocycles. The third-order valence-corrected chi connectivity index (χ3v) is 5.63. The first-order chi connectivity index (χ1) is 11.4. The fourth-order valence-corrected chi connectivity index (χ4v) is 3.37. The largest absolute Gasteiger partial charge is 0.323 e. The van der Waals surface area contributed by atoms with Crippen molar-refractivity contribution in [3.8, 4) is 0 Å². The molecule has 3 aromatic rings. The third kappa shape index (κ3) is 2.60. The second-order valence-corrected chi connectivity index (χ2v) is 6.83. The first-order valence-corrected chi connectivity index (χ1v) is 9.13. The van der Waals surface area contributed by atoms with Crippen molar-refractivity contribution in [1.82, 2.24) is 14.5 Å². The van der Waals surface area contributed by atoms with Crippen LogP contribution in [0.25, 0.3) is 21.9 Å². The van der Waals surface area contributed by atoms with Crippen molar-refractivity contribution in [1.29, 1.82) is 0 Å². The van der Waals surface area contributed by atoms with Gasteiger partial charge in [0.25, 0.3) is 0 Å². The molecule has 0 aliphatic carbocycles. The smallest absolute Gasteiger partial charge is 0.0964 e.